The summed E-state index contributed by atoms with van der Waals surface area (Å²) < 4.78 is 28.1. The van der Waals surface area contributed by atoms with Gasteiger partial charge in [-0.1, -0.05) is 28.7 Å². The highest BCUT2D eigenvalue weighted by Gasteiger charge is 2.23. The summed E-state index contributed by atoms with van der Waals surface area (Å²) in [7, 11) is -3.49. The van der Waals surface area contributed by atoms with Crippen molar-refractivity contribution in [1.29, 1.82) is 0 Å². The van der Waals surface area contributed by atoms with Crippen LogP contribution in [0.1, 0.15) is 18.4 Å². The van der Waals surface area contributed by atoms with Crippen LogP contribution in [-0.4, -0.2) is 36.3 Å². The highest BCUT2D eigenvalue weighted by atomic mass is 35.5. The highest BCUT2D eigenvalue weighted by Crippen LogP contribution is 2.32. The summed E-state index contributed by atoms with van der Waals surface area (Å²) in [5, 5.41) is 8.67. The van der Waals surface area contributed by atoms with E-state index in [-0.39, 0.29) is 6.61 Å². The number of halogens is 1. The van der Waals surface area contributed by atoms with Gasteiger partial charge in [-0.3, -0.25) is 4.18 Å². The third kappa shape index (κ3) is 3.58. The third-order valence-corrected chi connectivity index (χ3v) is 4.25. The molecule has 116 valence electrons. The van der Waals surface area contributed by atoms with Gasteiger partial charge in [0.05, 0.1) is 16.8 Å². The van der Waals surface area contributed by atoms with E-state index in [0.717, 1.165) is 18.3 Å². The van der Waals surface area contributed by atoms with Gasteiger partial charge in [0.1, 0.15) is 12.1 Å². The molecule has 1 aliphatic carbocycles. The lowest BCUT2D eigenvalue weighted by molar-refractivity contribution is 0.368. The maximum atomic E-state index is 10.8. The minimum absolute atomic E-state index is 0.207. The lowest BCUT2D eigenvalue weighted by atomic mass is 10.2. The first-order chi connectivity index (χ1) is 10.4. The fourth-order valence-corrected chi connectivity index (χ4v) is 2.57. The normalized spacial score (nSPS) is 14.8. The van der Waals surface area contributed by atoms with Crippen LogP contribution < -0.4 is 0 Å². The first-order valence-corrected chi connectivity index (χ1v) is 8.98. The topological polar surface area (TPSA) is 74.1 Å². The van der Waals surface area contributed by atoms with Crippen LogP contribution in [0.5, 0.6) is 0 Å². The van der Waals surface area contributed by atoms with Gasteiger partial charge in [-0.2, -0.15) is 8.42 Å². The quantitative estimate of drug-likeness (QED) is 0.627. The summed E-state index contributed by atoms with van der Waals surface area (Å²) in [4.78, 5) is 0. The number of hydrogen-bond donors (Lipinski definition) is 0. The van der Waals surface area contributed by atoms with Crippen molar-refractivity contribution < 1.29 is 12.6 Å². The monoisotopic (exact) mass is 339 g/mol. The number of rotatable bonds is 4. The van der Waals surface area contributed by atoms with Crippen molar-refractivity contribution in [2.45, 2.75) is 19.4 Å². The smallest absolute Gasteiger partial charge is 0.257 e. The number of benzene rings is 1. The minimum atomic E-state index is -3.49. The predicted octanol–water partition coefficient (Wildman–Crippen LogP) is 1.82. The molecule has 1 saturated carbocycles. The van der Waals surface area contributed by atoms with Crippen molar-refractivity contribution >= 4 is 32.8 Å². The van der Waals surface area contributed by atoms with E-state index in [1.807, 2.05) is 10.7 Å². The first-order valence-electron chi connectivity index (χ1n) is 6.79. The molecule has 0 amide bonds. The lowest BCUT2D eigenvalue weighted by Crippen LogP contribution is -2.02. The molecule has 1 aromatic carbocycles. The molecule has 0 spiro atoms. The molecule has 1 heterocycles. The molecule has 0 aliphatic heterocycles. The number of fused-ring (bicyclic) bond motifs is 1. The van der Waals surface area contributed by atoms with E-state index in [1.165, 1.54) is 12.8 Å². The minimum Gasteiger partial charge on any atom is -0.257 e. The maximum Gasteiger partial charge on any atom is 0.265 e. The Morgan fingerprint density at radius 3 is 2.91 bits per heavy atom. The van der Waals surface area contributed by atoms with E-state index in [2.05, 4.69) is 26.3 Å². The molecule has 6 nitrogen and oxygen atoms in total. The van der Waals surface area contributed by atoms with Crippen LogP contribution in [-0.2, 0) is 20.8 Å². The lowest BCUT2D eigenvalue weighted by Gasteiger charge is -2.01. The van der Waals surface area contributed by atoms with Crippen LogP contribution in [0.25, 0.3) is 11.0 Å². The molecule has 0 atom stereocenters. The molecule has 3 rings (SSSR count). The Morgan fingerprint density at radius 2 is 2.23 bits per heavy atom. The second-order valence-electron chi connectivity index (χ2n) is 5.28. The van der Waals surface area contributed by atoms with Gasteiger partial charge in [0.15, 0.2) is 0 Å². The van der Waals surface area contributed by atoms with E-state index >= 15 is 0 Å². The molecular formula is C14H14ClN3O3S. The summed E-state index contributed by atoms with van der Waals surface area (Å²) in [6, 6.07) is 3.66. The standard InChI is InChI=1S/C14H14ClN3O3S/c1-22(19,20)21-8-2-3-11-6-7-12-14(13(11)15)16-17-18(12)9-10-4-5-10/h6-7,10H,4-5,8-9H2,1H3. The molecule has 2 aromatic rings. The molecule has 0 N–H and O–H groups in total. The van der Waals surface area contributed by atoms with Crippen LogP contribution in [0.3, 0.4) is 0 Å². The highest BCUT2D eigenvalue weighted by molar-refractivity contribution is 7.86. The van der Waals surface area contributed by atoms with Gasteiger partial charge in [-0.05, 0) is 30.9 Å². The molecule has 1 aromatic heterocycles. The number of aromatic nitrogens is 3. The largest absolute Gasteiger partial charge is 0.265 e. The van der Waals surface area contributed by atoms with Crippen LogP contribution in [0, 0.1) is 17.8 Å². The summed E-state index contributed by atoms with van der Waals surface area (Å²) in [6.07, 6.45) is 3.45. The van der Waals surface area contributed by atoms with Crippen LogP contribution >= 0.6 is 11.6 Å². The summed E-state index contributed by atoms with van der Waals surface area (Å²) >= 11 is 6.30. The Labute approximate surface area is 133 Å². The summed E-state index contributed by atoms with van der Waals surface area (Å²) in [6.45, 7) is 0.654. The summed E-state index contributed by atoms with van der Waals surface area (Å²) in [5.41, 5.74) is 2.07. The van der Waals surface area contributed by atoms with Gasteiger partial charge in [0, 0.05) is 12.1 Å². The maximum absolute atomic E-state index is 10.8. The van der Waals surface area contributed by atoms with Gasteiger partial charge in [-0.15, -0.1) is 5.10 Å². The van der Waals surface area contributed by atoms with Gasteiger partial charge in [-0.25, -0.2) is 4.68 Å². The Kier molecular flexibility index (Phi) is 4.08. The Bertz CT molecular complexity index is 876. The second-order valence-corrected chi connectivity index (χ2v) is 7.30. The number of nitrogens with zero attached hydrogens (tertiary/aromatic N) is 3. The third-order valence-electron chi connectivity index (χ3n) is 3.32. The number of hydrogen-bond acceptors (Lipinski definition) is 5. The van der Waals surface area contributed by atoms with Crippen LogP contribution in [0.4, 0.5) is 0 Å². The molecule has 0 radical (unpaired) electrons. The van der Waals surface area contributed by atoms with Crippen molar-refractivity contribution in [2.75, 3.05) is 12.9 Å². The van der Waals surface area contributed by atoms with Crippen molar-refractivity contribution in [3.05, 3.63) is 22.7 Å². The zero-order valence-corrected chi connectivity index (χ0v) is 13.5. The molecule has 0 saturated heterocycles. The predicted molar refractivity (Wildman–Crippen MR) is 82.9 cm³/mol. The Hall–Kier alpha value is -1.62. The van der Waals surface area contributed by atoms with Crippen molar-refractivity contribution in [2.24, 2.45) is 5.92 Å². The Morgan fingerprint density at radius 1 is 1.45 bits per heavy atom. The zero-order valence-electron chi connectivity index (χ0n) is 11.9. The van der Waals surface area contributed by atoms with Crippen molar-refractivity contribution in [3.63, 3.8) is 0 Å². The Balaban J connectivity index is 1.82. The molecule has 22 heavy (non-hydrogen) atoms. The molecule has 1 aliphatic rings. The van der Waals surface area contributed by atoms with E-state index in [0.29, 0.717) is 22.0 Å². The molecule has 0 bridgehead atoms. The van der Waals surface area contributed by atoms with Crippen molar-refractivity contribution in [1.82, 2.24) is 15.0 Å². The molecular weight excluding hydrogens is 326 g/mol. The van der Waals surface area contributed by atoms with Gasteiger partial charge in [0.25, 0.3) is 10.1 Å². The molecule has 0 unspecified atom stereocenters. The zero-order chi connectivity index (χ0) is 15.7. The average molecular weight is 340 g/mol. The fraction of sp³-hybridized carbons (Fsp3) is 0.429. The SMILES string of the molecule is CS(=O)(=O)OCC#Cc1ccc2c(nnn2CC2CC2)c1Cl. The van der Waals surface area contributed by atoms with Gasteiger partial charge >= 0.3 is 0 Å². The van der Waals surface area contributed by atoms with Gasteiger partial charge in [0.2, 0.25) is 0 Å². The van der Waals surface area contributed by atoms with E-state index in [1.54, 1.807) is 6.07 Å². The van der Waals surface area contributed by atoms with Crippen LogP contribution in [0.2, 0.25) is 5.02 Å². The van der Waals surface area contributed by atoms with Crippen LogP contribution in [0.15, 0.2) is 12.1 Å². The van der Waals surface area contributed by atoms with E-state index in [9.17, 15) is 8.42 Å². The summed E-state index contributed by atoms with van der Waals surface area (Å²) in [5.74, 6) is 6.10. The average Bonchev–Trinajstić information content (AvgIpc) is 3.16. The molecule has 1 fully saturated rings. The fourth-order valence-electron chi connectivity index (χ4n) is 2.05. The van der Waals surface area contributed by atoms with Gasteiger partial charge < -0.3 is 0 Å². The van der Waals surface area contributed by atoms with E-state index < -0.39 is 10.1 Å². The van der Waals surface area contributed by atoms with E-state index in [4.69, 9.17) is 11.6 Å². The van der Waals surface area contributed by atoms with Crippen molar-refractivity contribution in [3.8, 4) is 11.8 Å². The first kappa shape index (κ1) is 15.3. The molecule has 8 heteroatoms. The second kappa shape index (κ2) is 5.88.